The summed E-state index contributed by atoms with van der Waals surface area (Å²) in [5, 5.41) is 9.10. The van der Waals surface area contributed by atoms with Crippen molar-refractivity contribution in [1.29, 1.82) is 0 Å². The van der Waals surface area contributed by atoms with Crippen LogP contribution in [0.25, 0.3) is 0 Å². The van der Waals surface area contributed by atoms with Gasteiger partial charge >= 0.3 is 0 Å². The highest BCUT2D eigenvalue weighted by molar-refractivity contribution is 7.89. The van der Waals surface area contributed by atoms with Gasteiger partial charge in [-0.3, -0.25) is 0 Å². The number of nitrogens with one attached hydrogen (secondary N) is 1. The monoisotopic (exact) mass is 317 g/mol. The van der Waals surface area contributed by atoms with Gasteiger partial charge < -0.3 is 9.84 Å². The lowest BCUT2D eigenvalue weighted by molar-refractivity contribution is 0.0250. The summed E-state index contributed by atoms with van der Waals surface area (Å²) in [6.45, 7) is 3.58. The number of hydrogen-bond donors (Lipinski definition) is 2. The minimum atomic E-state index is -3.77. The fourth-order valence-electron chi connectivity index (χ4n) is 2.38. The van der Waals surface area contributed by atoms with Crippen LogP contribution in [0.4, 0.5) is 4.39 Å². The van der Waals surface area contributed by atoms with Crippen LogP contribution in [0.3, 0.4) is 0 Å². The van der Waals surface area contributed by atoms with Gasteiger partial charge in [-0.15, -0.1) is 0 Å². The highest BCUT2D eigenvalue weighted by Gasteiger charge is 2.31. The highest BCUT2D eigenvalue weighted by Crippen LogP contribution is 2.25. The average molecular weight is 317 g/mol. The van der Waals surface area contributed by atoms with E-state index in [2.05, 4.69) is 4.72 Å². The van der Waals surface area contributed by atoms with E-state index < -0.39 is 28.0 Å². The lowest BCUT2D eigenvalue weighted by Crippen LogP contribution is -2.40. The van der Waals surface area contributed by atoms with Crippen LogP contribution >= 0.6 is 0 Å². The summed E-state index contributed by atoms with van der Waals surface area (Å²) in [4.78, 5) is -0.0490. The summed E-state index contributed by atoms with van der Waals surface area (Å²) in [6, 6.07) is 2.41. The molecule has 2 N–H and O–H groups in total. The van der Waals surface area contributed by atoms with E-state index in [-0.39, 0.29) is 22.6 Å². The van der Waals surface area contributed by atoms with Crippen molar-refractivity contribution in [3.63, 3.8) is 0 Å². The molecule has 118 valence electrons. The standard InChI is InChI=1S/C14H20FNO4S/c1-10-6-12(7-11(8-17)13(10)15)21(18,19)16-9-14(2)4-3-5-20-14/h6-7,16-17H,3-5,8-9H2,1-2H3. The Morgan fingerprint density at radius 2 is 2.19 bits per heavy atom. The Morgan fingerprint density at radius 1 is 1.48 bits per heavy atom. The summed E-state index contributed by atoms with van der Waals surface area (Å²) in [5.74, 6) is -0.581. The largest absolute Gasteiger partial charge is 0.392 e. The normalized spacial score (nSPS) is 22.7. The molecule has 0 aliphatic carbocycles. The number of aryl methyl sites for hydroxylation is 1. The first-order valence-corrected chi connectivity index (χ1v) is 8.29. The fraction of sp³-hybridized carbons (Fsp3) is 0.571. The smallest absolute Gasteiger partial charge is 0.240 e. The minimum Gasteiger partial charge on any atom is -0.392 e. The number of ether oxygens (including phenoxy) is 1. The maximum absolute atomic E-state index is 13.7. The molecule has 2 rings (SSSR count). The number of hydrogen-bond acceptors (Lipinski definition) is 4. The van der Waals surface area contributed by atoms with Crippen LogP contribution in [0.15, 0.2) is 17.0 Å². The molecule has 1 aromatic rings. The van der Waals surface area contributed by atoms with Crippen molar-refractivity contribution in [1.82, 2.24) is 4.72 Å². The molecule has 1 atom stereocenters. The number of halogens is 1. The first kappa shape index (κ1) is 16.4. The SMILES string of the molecule is Cc1cc(S(=O)(=O)NCC2(C)CCCO2)cc(CO)c1F. The van der Waals surface area contributed by atoms with E-state index in [0.29, 0.717) is 6.61 Å². The Hall–Kier alpha value is -1.02. The second kappa shape index (κ2) is 6.00. The molecule has 0 aromatic heterocycles. The summed E-state index contributed by atoms with van der Waals surface area (Å²) in [6.07, 6.45) is 1.70. The molecule has 1 aliphatic rings. The number of aliphatic hydroxyl groups excluding tert-OH is 1. The zero-order valence-electron chi connectivity index (χ0n) is 12.1. The Balaban J connectivity index is 2.21. The van der Waals surface area contributed by atoms with Crippen LogP contribution in [-0.4, -0.2) is 32.3 Å². The van der Waals surface area contributed by atoms with E-state index in [1.54, 1.807) is 0 Å². The summed E-state index contributed by atoms with van der Waals surface area (Å²) in [7, 11) is -3.77. The van der Waals surface area contributed by atoms with Crippen molar-refractivity contribution in [2.75, 3.05) is 13.2 Å². The second-order valence-corrected chi connectivity index (χ2v) is 7.36. The van der Waals surface area contributed by atoms with Gasteiger partial charge in [-0.1, -0.05) is 0 Å². The third-order valence-electron chi connectivity index (χ3n) is 3.72. The number of benzene rings is 1. The Bertz CT molecular complexity index is 624. The predicted molar refractivity (Wildman–Crippen MR) is 75.8 cm³/mol. The van der Waals surface area contributed by atoms with Crippen LogP contribution in [0.2, 0.25) is 0 Å². The summed E-state index contributed by atoms with van der Waals surface area (Å²) >= 11 is 0. The Morgan fingerprint density at radius 3 is 2.76 bits per heavy atom. The molecule has 1 aliphatic heterocycles. The van der Waals surface area contributed by atoms with Crippen LogP contribution in [-0.2, 0) is 21.4 Å². The van der Waals surface area contributed by atoms with Crippen molar-refractivity contribution < 1.29 is 22.7 Å². The van der Waals surface area contributed by atoms with Gasteiger partial charge in [0, 0.05) is 18.7 Å². The van der Waals surface area contributed by atoms with Crippen molar-refractivity contribution in [2.24, 2.45) is 0 Å². The molecule has 7 heteroatoms. The molecule has 21 heavy (non-hydrogen) atoms. The summed E-state index contributed by atoms with van der Waals surface area (Å²) in [5.41, 5.74) is -0.342. The highest BCUT2D eigenvalue weighted by atomic mass is 32.2. The lowest BCUT2D eigenvalue weighted by Gasteiger charge is -2.23. The average Bonchev–Trinajstić information content (AvgIpc) is 2.87. The number of aliphatic hydroxyl groups is 1. The van der Waals surface area contributed by atoms with Crippen molar-refractivity contribution >= 4 is 10.0 Å². The zero-order chi connectivity index (χ0) is 15.7. The minimum absolute atomic E-state index is 0.0290. The molecule has 5 nitrogen and oxygen atoms in total. The van der Waals surface area contributed by atoms with Crippen molar-refractivity contribution in [2.45, 2.75) is 43.8 Å². The molecule has 0 saturated carbocycles. The molecular weight excluding hydrogens is 297 g/mol. The van der Waals surface area contributed by atoms with E-state index in [4.69, 9.17) is 9.84 Å². The quantitative estimate of drug-likeness (QED) is 0.862. The van der Waals surface area contributed by atoms with E-state index in [1.807, 2.05) is 6.92 Å². The summed E-state index contributed by atoms with van der Waals surface area (Å²) < 4.78 is 46.3. The van der Waals surface area contributed by atoms with Gasteiger partial charge in [0.25, 0.3) is 0 Å². The van der Waals surface area contributed by atoms with Gasteiger partial charge in [0.1, 0.15) is 5.82 Å². The molecule has 0 radical (unpaired) electrons. The number of rotatable bonds is 5. The van der Waals surface area contributed by atoms with Gasteiger partial charge in [0.2, 0.25) is 10.0 Å². The first-order chi connectivity index (χ1) is 9.77. The molecule has 1 aromatic carbocycles. The van der Waals surface area contributed by atoms with Crippen LogP contribution in [0.1, 0.15) is 30.9 Å². The predicted octanol–water partition coefficient (Wildman–Crippen LogP) is 1.47. The Labute approximate surface area is 124 Å². The van der Waals surface area contributed by atoms with Gasteiger partial charge in [-0.25, -0.2) is 17.5 Å². The van der Waals surface area contributed by atoms with Crippen LogP contribution in [0.5, 0.6) is 0 Å². The molecule has 1 heterocycles. The lowest BCUT2D eigenvalue weighted by atomic mass is 10.0. The van der Waals surface area contributed by atoms with Gasteiger partial charge in [0.05, 0.1) is 17.1 Å². The maximum Gasteiger partial charge on any atom is 0.240 e. The van der Waals surface area contributed by atoms with Gasteiger partial charge in [0.15, 0.2) is 0 Å². The van der Waals surface area contributed by atoms with Crippen molar-refractivity contribution in [3.05, 3.63) is 29.1 Å². The second-order valence-electron chi connectivity index (χ2n) is 5.60. The fourth-order valence-corrected chi connectivity index (χ4v) is 3.68. The molecule has 0 spiro atoms. The molecule has 0 bridgehead atoms. The van der Waals surface area contributed by atoms with E-state index in [9.17, 15) is 12.8 Å². The van der Waals surface area contributed by atoms with Crippen molar-refractivity contribution in [3.8, 4) is 0 Å². The maximum atomic E-state index is 13.7. The third-order valence-corrected chi connectivity index (χ3v) is 5.10. The van der Waals surface area contributed by atoms with E-state index in [1.165, 1.54) is 13.0 Å². The van der Waals surface area contributed by atoms with Crippen LogP contribution < -0.4 is 4.72 Å². The van der Waals surface area contributed by atoms with E-state index in [0.717, 1.165) is 18.9 Å². The first-order valence-electron chi connectivity index (χ1n) is 6.81. The van der Waals surface area contributed by atoms with Crippen LogP contribution in [0, 0.1) is 12.7 Å². The molecule has 1 saturated heterocycles. The molecule has 0 amide bonds. The number of sulfonamides is 1. The molecular formula is C14H20FNO4S. The van der Waals surface area contributed by atoms with Gasteiger partial charge in [-0.2, -0.15) is 0 Å². The molecule has 1 unspecified atom stereocenters. The Kier molecular flexibility index (Phi) is 4.67. The van der Waals surface area contributed by atoms with E-state index >= 15 is 0 Å². The topological polar surface area (TPSA) is 75.6 Å². The molecule has 1 fully saturated rings. The zero-order valence-corrected chi connectivity index (χ0v) is 13.0. The third kappa shape index (κ3) is 3.60. The van der Waals surface area contributed by atoms with Gasteiger partial charge in [-0.05, 0) is 44.4 Å².